The van der Waals surface area contributed by atoms with Gasteiger partial charge in [0.2, 0.25) is 0 Å². The Morgan fingerprint density at radius 2 is 0.772 bits per heavy atom. The molecule has 0 radical (unpaired) electrons. The molecule has 1 aliphatic rings. The van der Waals surface area contributed by atoms with Crippen LogP contribution in [-0.2, 0) is 5.41 Å². The fraction of sp³-hybridized carbons (Fsp3) is 0.0182. The third-order valence-electron chi connectivity index (χ3n) is 11.7. The Bertz CT molecular complexity index is 2940. The molecule has 0 atom stereocenters. The highest BCUT2D eigenvalue weighted by Crippen LogP contribution is 2.58. The molecule has 268 valence electrons. The molecule has 0 saturated heterocycles. The molecule has 1 heterocycles. The molecule has 0 aliphatic heterocycles. The molecule has 0 unspecified atom stereocenters. The first-order chi connectivity index (χ1) is 28.3. The summed E-state index contributed by atoms with van der Waals surface area (Å²) in [5.74, 6) is 0. The van der Waals surface area contributed by atoms with Crippen LogP contribution in [0.4, 0.5) is 17.1 Å². The zero-order valence-corrected chi connectivity index (χ0v) is 32.0. The van der Waals surface area contributed by atoms with Crippen LogP contribution in [-0.4, -0.2) is 0 Å². The van der Waals surface area contributed by atoms with Gasteiger partial charge in [0, 0.05) is 26.8 Å². The minimum Gasteiger partial charge on any atom is -0.309 e. The van der Waals surface area contributed by atoms with Crippen LogP contribution in [0.5, 0.6) is 0 Å². The van der Waals surface area contributed by atoms with Crippen LogP contribution < -0.4 is 4.90 Å². The Morgan fingerprint density at radius 3 is 1.35 bits per heavy atom. The second-order valence-electron chi connectivity index (χ2n) is 14.8. The van der Waals surface area contributed by atoms with Gasteiger partial charge in [-0.25, -0.2) is 0 Å². The molecule has 1 aliphatic carbocycles. The average molecular weight is 744 g/mol. The van der Waals surface area contributed by atoms with Crippen molar-refractivity contribution in [2.75, 3.05) is 4.90 Å². The molecule has 0 spiro atoms. The lowest BCUT2D eigenvalue weighted by molar-refractivity contribution is 0.778. The van der Waals surface area contributed by atoms with E-state index in [0.717, 1.165) is 17.1 Å². The monoisotopic (exact) mass is 743 g/mol. The first-order valence-corrected chi connectivity index (χ1v) is 20.4. The Kier molecular flexibility index (Phi) is 7.98. The molecule has 0 fully saturated rings. The summed E-state index contributed by atoms with van der Waals surface area (Å²) in [5, 5.41) is 2.54. The number of hydrogen-bond acceptors (Lipinski definition) is 2. The third kappa shape index (κ3) is 5.29. The molecular weight excluding hydrogens is 707 g/mol. The molecular formula is C55H37NS. The van der Waals surface area contributed by atoms with Gasteiger partial charge >= 0.3 is 0 Å². The molecule has 9 aromatic carbocycles. The van der Waals surface area contributed by atoms with Crippen molar-refractivity contribution in [1.29, 1.82) is 0 Å². The fourth-order valence-corrected chi connectivity index (χ4v) is 10.7. The van der Waals surface area contributed by atoms with Crippen molar-refractivity contribution in [2.24, 2.45) is 0 Å². The fourth-order valence-electron chi connectivity index (χ4n) is 9.29. The summed E-state index contributed by atoms with van der Waals surface area (Å²) < 4.78 is 2.57. The number of rotatable bonds is 7. The first-order valence-electron chi connectivity index (χ1n) is 19.6. The number of fused-ring (bicyclic) bond motifs is 6. The van der Waals surface area contributed by atoms with Crippen molar-refractivity contribution < 1.29 is 0 Å². The van der Waals surface area contributed by atoms with Crippen molar-refractivity contribution in [2.45, 2.75) is 5.41 Å². The minimum absolute atomic E-state index is 0.483. The van der Waals surface area contributed by atoms with Crippen molar-refractivity contribution in [3.63, 3.8) is 0 Å². The second-order valence-corrected chi connectivity index (χ2v) is 15.8. The second kappa shape index (κ2) is 13.6. The quantitative estimate of drug-likeness (QED) is 0.157. The van der Waals surface area contributed by atoms with Crippen LogP contribution in [0, 0.1) is 0 Å². The van der Waals surface area contributed by atoms with Crippen molar-refractivity contribution in [1.82, 2.24) is 0 Å². The zero-order chi connectivity index (χ0) is 37.8. The van der Waals surface area contributed by atoms with E-state index in [2.05, 4.69) is 229 Å². The molecule has 1 aromatic heterocycles. The number of nitrogens with zero attached hydrogens (tertiary/aromatic N) is 1. The lowest BCUT2D eigenvalue weighted by atomic mass is 9.67. The summed E-state index contributed by atoms with van der Waals surface area (Å²) in [6.45, 7) is 0. The first kappa shape index (κ1) is 33.3. The van der Waals surface area contributed by atoms with Gasteiger partial charge < -0.3 is 4.90 Å². The molecule has 11 rings (SSSR count). The van der Waals surface area contributed by atoms with Gasteiger partial charge in [-0.1, -0.05) is 194 Å². The van der Waals surface area contributed by atoms with Gasteiger partial charge in [0.25, 0.3) is 0 Å². The van der Waals surface area contributed by atoms with Gasteiger partial charge in [-0.05, 0) is 86.0 Å². The highest BCUT2D eigenvalue weighted by Gasteiger charge is 2.47. The summed E-state index contributed by atoms with van der Waals surface area (Å²) in [4.78, 5) is 2.46. The van der Waals surface area contributed by atoms with E-state index in [1.54, 1.807) is 0 Å². The number of benzene rings is 9. The molecule has 1 nitrogen and oxygen atoms in total. The lowest BCUT2D eigenvalue weighted by Crippen LogP contribution is -2.28. The van der Waals surface area contributed by atoms with E-state index in [1.807, 2.05) is 11.3 Å². The van der Waals surface area contributed by atoms with Crippen molar-refractivity contribution >= 4 is 48.6 Å². The summed E-state index contributed by atoms with van der Waals surface area (Å²) >= 11 is 1.92. The van der Waals surface area contributed by atoms with E-state index in [1.165, 1.54) is 75.8 Å². The maximum Gasteiger partial charge on any atom is 0.0727 e. The molecule has 10 aromatic rings. The predicted molar refractivity (Wildman–Crippen MR) is 242 cm³/mol. The average Bonchev–Trinajstić information content (AvgIpc) is 3.83. The van der Waals surface area contributed by atoms with Gasteiger partial charge in [0.1, 0.15) is 0 Å². The van der Waals surface area contributed by atoms with E-state index in [9.17, 15) is 0 Å². The highest BCUT2D eigenvalue weighted by atomic mass is 32.1. The van der Waals surface area contributed by atoms with Crippen LogP contribution in [0.2, 0.25) is 0 Å². The van der Waals surface area contributed by atoms with Crippen LogP contribution >= 0.6 is 11.3 Å². The zero-order valence-electron chi connectivity index (χ0n) is 31.2. The van der Waals surface area contributed by atoms with E-state index >= 15 is 0 Å². The standard InChI is InChI=1S/C55H37NS/c1-4-18-38(19-5-1)40-22-14-26-43(36-40)56(44-27-15-23-41(37-44)39-20-6-2-7-21-39)52-35-17-31-48-47-30-16-34-51(53(47)57-54(48)52)55(42-24-8-3-9-25-42)49-32-12-10-28-45(49)46-29-11-13-33-50(46)55/h1-37H. The van der Waals surface area contributed by atoms with Crippen molar-refractivity contribution in [3.05, 3.63) is 247 Å². The highest BCUT2D eigenvalue weighted by molar-refractivity contribution is 7.26. The number of anilines is 3. The van der Waals surface area contributed by atoms with Crippen LogP contribution in [0.15, 0.2) is 224 Å². The van der Waals surface area contributed by atoms with E-state index in [4.69, 9.17) is 0 Å². The van der Waals surface area contributed by atoms with E-state index in [0.29, 0.717) is 0 Å². The summed E-state index contributed by atoms with van der Waals surface area (Å²) in [5.41, 5.74) is 15.6. The van der Waals surface area contributed by atoms with Gasteiger partial charge in [-0.2, -0.15) is 0 Å². The van der Waals surface area contributed by atoms with Gasteiger partial charge in [-0.3, -0.25) is 0 Å². The molecule has 2 heteroatoms. The van der Waals surface area contributed by atoms with Gasteiger partial charge in [-0.15, -0.1) is 11.3 Å². The van der Waals surface area contributed by atoms with Gasteiger partial charge in [0.05, 0.1) is 15.8 Å². The summed E-state index contributed by atoms with van der Waals surface area (Å²) in [7, 11) is 0. The van der Waals surface area contributed by atoms with E-state index < -0.39 is 5.41 Å². The maximum atomic E-state index is 2.46. The SMILES string of the molecule is c1ccc(-c2cccc(N(c3cccc(-c4ccccc4)c3)c3cccc4c3sc3c(C5(c6ccccc6)c6ccccc6-c6ccccc65)cccc34)c2)cc1. The number of thiophene rings is 1. The molecule has 0 saturated carbocycles. The Hall–Kier alpha value is -7.00. The van der Waals surface area contributed by atoms with E-state index in [-0.39, 0.29) is 0 Å². The summed E-state index contributed by atoms with van der Waals surface area (Å²) in [6, 6.07) is 82.4. The van der Waals surface area contributed by atoms with Gasteiger partial charge in [0.15, 0.2) is 0 Å². The predicted octanol–water partition coefficient (Wildman–Crippen LogP) is 15.2. The van der Waals surface area contributed by atoms with Crippen LogP contribution in [0.1, 0.15) is 22.3 Å². The van der Waals surface area contributed by atoms with Crippen molar-refractivity contribution in [3.8, 4) is 33.4 Å². The Labute approximate surface area is 337 Å². The molecule has 0 amide bonds. The maximum absolute atomic E-state index is 2.46. The topological polar surface area (TPSA) is 3.24 Å². The minimum atomic E-state index is -0.483. The largest absolute Gasteiger partial charge is 0.309 e. The number of hydrogen-bond donors (Lipinski definition) is 0. The third-order valence-corrected chi connectivity index (χ3v) is 13.0. The lowest BCUT2D eigenvalue weighted by Gasteiger charge is -2.34. The smallest absolute Gasteiger partial charge is 0.0727 e. The molecule has 0 bridgehead atoms. The van der Waals surface area contributed by atoms with Crippen LogP contribution in [0.25, 0.3) is 53.6 Å². The molecule has 0 N–H and O–H groups in total. The normalized spacial score (nSPS) is 12.7. The van der Waals surface area contributed by atoms with Crippen LogP contribution in [0.3, 0.4) is 0 Å². The summed E-state index contributed by atoms with van der Waals surface area (Å²) in [6.07, 6.45) is 0. The molecule has 57 heavy (non-hydrogen) atoms. The Balaban J connectivity index is 1.19. The Morgan fingerprint density at radius 1 is 0.333 bits per heavy atom.